The van der Waals surface area contributed by atoms with Gasteiger partial charge in [0.25, 0.3) is 0 Å². The van der Waals surface area contributed by atoms with Crippen LogP contribution >= 0.6 is 0 Å². The number of nitrogens with one attached hydrogen (secondary N) is 1. The molecule has 0 heterocycles. The van der Waals surface area contributed by atoms with Gasteiger partial charge < -0.3 is 10.4 Å². The quantitative estimate of drug-likeness (QED) is 0.752. The Morgan fingerprint density at radius 3 is 2.50 bits per heavy atom. The van der Waals surface area contributed by atoms with E-state index in [1.165, 1.54) is 12.0 Å². The van der Waals surface area contributed by atoms with Gasteiger partial charge in [-0.2, -0.15) is 0 Å². The summed E-state index contributed by atoms with van der Waals surface area (Å²) in [5.41, 5.74) is 1.26. The summed E-state index contributed by atoms with van der Waals surface area (Å²) in [5.74, 6) is 0.336. The standard InChI is InChI=1S/C12H19NO/c1-3-8-13-10(2)9-11-4-6-12(14)7-5-11/h4-7,10,13-14H,3,8-9H2,1-2H3. The van der Waals surface area contributed by atoms with Crippen LogP contribution in [0.3, 0.4) is 0 Å². The Morgan fingerprint density at radius 1 is 1.29 bits per heavy atom. The highest BCUT2D eigenvalue weighted by Crippen LogP contribution is 2.11. The van der Waals surface area contributed by atoms with Gasteiger partial charge in [0.05, 0.1) is 0 Å². The van der Waals surface area contributed by atoms with Crippen molar-refractivity contribution in [2.75, 3.05) is 6.54 Å². The Kier molecular flexibility index (Phi) is 4.47. The molecule has 0 amide bonds. The summed E-state index contributed by atoms with van der Waals surface area (Å²) in [6, 6.07) is 7.92. The molecule has 0 aliphatic carbocycles. The third-order valence-corrected chi connectivity index (χ3v) is 2.22. The molecular weight excluding hydrogens is 174 g/mol. The van der Waals surface area contributed by atoms with Crippen LogP contribution < -0.4 is 5.32 Å². The molecule has 0 bridgehead atoms. The fraction of sp³-hybridized carbons (Fsp3) is 0.500. The van der Waals surface area contributed by atoms with Crippen molar-refractivity contribution < 1.29 is 5.11 Å². The summed E-state index contributed by atoms with van der Waals surface area (Å²) >= 11 is 0. The third-order valence-electron chi connectivity index (χ3n) is 2.22. The highest BCUT2D eigenvalue weighted by atomic mass is 16.3. The first-order chi connectivity index (χ1) is 6.72. The molecule has 0 aliphatic heterocycles. The highest BCUT2D eigenvalue weighted by Gasteiger charge is 2.01. The maximum Gasteiger partial charge on any atom is 0.115 e. The lowest BCUT2D eigenvalue weighted by molar-refractivity contribution is 0.474. The number of aromatic hydroxyl groups is 1. The van der Waals surface area contributed by atoms with Crippen LogP contribution in [-0.4, -0.2) is 17.7 Å². The second kappa shape index (κ2) is 5.66. The smallest absolute Gasteiger partial charge is 0.115 e. The number of hydrogen-bond donors (Lipinski definition) is 2. The summed E-state index contributed by atoms with van der Waals surface area (Å²) in [6.07, 6.45) is 2.18. The Balaban J connectivity index is 2.39. The van der Waals surface area contributed by atoms with Crippen molar-refractivity contribution in [3.05, 3.63) is 29.8 Å². The van der Waals surface area contributed by atoms with Crippen LogP contribution in [0.2, 0.25) is 0 Å². The molecular formula is C12H19NO. The minimum absolute atomic E-state index is 0.336. The lowest BCUT2D eigenvalue weighted by atomic mass is 10.1. The zero-order valence-corrected chi connectivity index (χ0v) is 8.96. The van der Waals surface area contributed by atoms with Crippen molar-refractivity contribution >= 4 is 0 Å². The van der Waals surface area contributed by atoms with Crippen molar-refractivity contribution in [2.45, 2.75) is 32.7 Å². The van der Waals surface area contributed by atoms with Crippen LogP contribution in [0.25, 0.3) is 0 Å². The van der Waals surface area contributed by atoms with Crippen LogP contribution in [0.15, 0.2) is 24.3 Å². The molecule has 0 aliphatic rings. The first-order valence-corrected chi connectivity index (χ1v) is 5.23. The predicted molar refractivity (Wildman–Crippen MR) is 59.6 cm³/mol. The normalized spacial score (nSPS) is 12.7. The van der Waals surface area contributed by atoms with E-state index in [2.05, 4.69) is 19.2 Å². The molecule has 1 aromatic rings. The minimum atomic E-state index is 0.336. The zero-order valence-electron chi connectivity index (χ0n) is 8.96. The molecule has 0 radical (unpaired) electrons. The maximum absolute atomic E-state index is 9.12. The molecule has 78 valence electrons. The summed E-state index contributed by atoms with van der Waals surface area (Å²) in [4.78, 5) is 0. The molecule has 0 saturated carbocycles. The van der Waals surface area contributed by atoms with Crippen molar-refractivity contribution in [2.24, 2.45) is 0 Å². The fourth-order valence-corrected chi connectivity index (χ4v) is 1.45. The van der Waals surface area contributed by atoms with Gasteiger partial charge in [-0.25, -0.2) is 0 Å². The fourth-order valence-electron chi connectivity index (χ4n) is 1.45. The zero-order chi connectivity index (χ0) is 10.4. The van der Waals surface area contributed by atoms with E-state index in [0.29, 0.717) is 11.8 Å². The monoisotopic (exact) mass is 193 g/mol. The van der Waals surface area contributed by atoms with Gasteiger partial charge in [0.2, 0.25) is 0 Å². The first-order valence-electron chi connectivity index (χ1n) is 5.23. The van der Waals surface area contributed by atoms with Crippen LogP contribution in [-0.2, 0) is 6.42 Å². The Labute approximate surface area is 86.0 Å². The highest BCUT2D eigenvalue weighted by molar-refractivity contribution is 5.26. The third kappa shape index (κ3) is 3.79. The summed E-state index contributed by atoms with van der Waals surface area (Å²) in [7, 11) is 0. The molecule has 2 nitrogen and oxygen atoms in total. The average Bonchev–Trinajstić information content (AvgIpc) is 2.18. The lowest BCUT2D eigenvalue weighted by Crippen LogP contribution is -2.28. The molecule has 0 spiro atoms. The Bertz CT molecular complexity index is 256. The van der Waals surface area contributed by atoms with E-state index < -0.39 is 0 Å². The van der Waals surface area contributed by atoms with E-state index in [1.54, 1.807) is 12.1 Å². The maximum atomic E-state index is 9.12. The predicted octanol–water partition coefficient (Wildman–Crippen LogP) is 2.32. The number of hydrogen-bond acceptors (Lipinski definition) is 2. The van der Waals surface area contributed by atoms with Gasteiger partial charge in [0, 0.05) is 6.04 Å². The van der Waals surface area contributed by atoms with Crippen molar-refractivity contribution in [3.63, 3.8) is 0 Å². The SMILES string of the molecule is CCCNC(C)Cc1ccc(O)cc1. The van der Waals surface area contributed by atoms with E-state index in [4.69, 9.17) is 5.11 Å². The lowest BCUT2D eigenvalue weighted by Gasteiger charge is -2.12. The molecule has 2 N–H and O–H groups in total. The van der Waals surface area contributed by atoms with Crippen LogP contribution in [0.5, 0.6) is 5.75 Å². The topological polar surface area (TPSA) is 32.3 Å². The largest absolute Gasteiger partial charge is 0.508 e. The van der Waals surface area contributed by atoms with Crippen molar-refractivity contribution in [1.82, 2.24) is 5.32 Å². The number of phenols is 1. The van der Waals surface area contributed by atoms with Crippen LogP contribution in [0.1, 0.15) is 25.8 Å². The van der Waals surface area contributed by atoms with E-state index in [-0.39, 0.29) is 0 Å². The van der Waals surface area contributed by atoms with Crippen LogP contribution in [0.4, 0.5) is 0 Å². The molecule has 1 rings (SSSR count). The van der Waals surface area contributed by atoms with Gasteiger partial charge in [-0.15, -0.1) is 0 Å². The molecule has 1 aromatic carbocycles. The number of rotatable bonds is 5. The molecule has 2 heteroatoms. The molecule has 0 aromatic heterocycles. The Hall–Kier alpha value is -1.02. The average molecular weight is 193 g/mol. The van der Waals surface area contributed by atoms with Crippen LogP contribution in [0, 0.1) is 0 Å². The van der Waals surface area contributed by atoms with Gasteiger partial charge in [0.15, 0.2) is 0 Å². The molecule has 1 atom stereocenters. The summed E-state index contributed by atoms with van der Waals surface area (Å²) in [6.45, 7) is 5.42. The Morgan fingerprint density at radius 2 is 1.93 bits per heavy atom. The van der Waals surface area contributed by atoms with Gasteiger partial charge in [-0.1, -0.05) is 19.1 Å². The van der Waals surface area contributed by atoms with Gasteiger partial charge >= 0.3 is 0 Å². The second-order valence-corrected chi connectivity index (χ2v) is 3.73. The van der Waals surface area contributed by atoms with E-state index in [1.807, 2.05) is 12.1 Å². The van der Waals surface area contributed by atoms with E-state index in [9.17, 15) is 0 Å². The van der Waals surface area contributed by atoms with E-state index >= 15 is 0 Å². The van der Waals surface area contributed by atoms with Crippen molar-refractivity contribution in [3.8, 4) is 5.75 Å². The van der Waals surface area contributed by atoms with Gasteiger partial charge in [-0.3, -0.25) is 0 Å². The summed E-state index contributed by atoms with van der Waals surface area (Å²) in [5, 5.41) is 12.5. The second-order valence-electron chi connectivity index (χ2n) is 3.73. The van der Waals surface area contributed by atoms with Gasteiger partial charge in [0.1, 0.15) is 5.75 Å². The van der Waals surface area contributed by atoms with Crippen molar-refractivity contribution in [1.29, 1.82) is 0 Å². The molecule has 1 unspecified atom stereocenters. The number of benzene rings is 1. The first kappa shape index (κ1) is 11.1. The van der Waals surface area contributed by atoms with Gasteiger partial charge in [-0.05, 0) is 44.0 Å². The molecule has 0 saturated heterocycles. The molecule has 14 heavy (non-hydrogen) atoms. The molecule has 0 fully saturated rings. The summed E-state index contributed by atoms with van der Waals surface area (Å²) < 4.78 is 0. The number of phenolic OH excluding ortho intramolecular Hbond substituents is 1. The minimum Gasteiger partial charge on any atom is -0.508 e. The van der Waals surface area contributed by atoms with E-state index in [0.717, 1.165) is 13.0 Å².